The molecule has 5 saturated carbocycles. The summed E-state index contributed by atoms with van der Waals surface area (Å²) in [5.41, 5.74) is 0.269. The molecule has 5 aliphatic carbocycles. The quantitative estimate of drug-likeness (QED) is 0.376. The first-order chi connectivity index (χ1) is 19.5. The van der Waals surface area contributed by atoms with Crippen molar-refractivity contribution in [3.8, 4) is 0 Å². The number of rotatable bonds is 9. The number of anilines is 1. The Kier molecular flexibility index (Phi) is 7.47. The van der Waals surface area contributed by atoms with Crippen molar-refractivity contribution in [1.29, 1.82) is 0 Å². The molecule has 5 aliphatic rings. The molecule has 0 aliphatic heterocycles. The second kappa shape index (κ2) is 10.8. The number of carbonyl (C=O) groups excluding carboxylic acids is 2. The van der Waals surface area contributed by atoms with Gasteiger partial charge in [0, 0.05) is 6.20 Å². The van der Waals surface area contributed by atoms with Crippen LogP contribution in [0.2, 0.25) is 0 Å². The van der Waals surface area contributed by atoms with E-state index in [2.05, 4.69) is 10.3 Å². The molecule has 1 atom stereocenters. The molecule has 0 saturated heterocycles. The van der Waals surface area contributed by atoms with Crippen LogP contribution >= 0.6 is 0 Å². The third-order valence-electron chi connectivity index (χ3n) is 9.24. The summed E-state index contributed by atoms with van der Waals surface area (Å²) in [6.07, 6.45) is 8.29. The molecule has 7 rings (SSSR count). The van der Waals surface area contributed by atoms with Gasteiger partial charge in [0.25, 0.3) is 5.91 Å². The number of benzene rings is 1. The van der Waals surface area contributed by atoms with Crippen LogP contribution in [0.5, 0.6) is 0 Å². The van der Waals surface area contributed by atoms with Crippen molar-refractivity contribution in [3.63, 3.8) is 0 Å². The maximum atomic E-state index is 13.6. The molecule has 0 spiro atoms. The minimum Gasteiger partial charge on any atom is -0.456 e. The number of sulfone groups is 1. The first-order valence-electron chi connectivity index (χ1n) is 14.9. The van der Waals surface area contributed by atoms with Gasteiger partial charge in [-0.25, -0.2) is 18.2 Å². The highest BCUT2D eigenvalue weighted by molar-refractivity contribution is 7.92. The van der Waals surface area contributed by atoms with Crippen molar-refractivity contribution in [1.82, 2.24) is 4.98 Å². The minimum absolute atomic E-state index is 0.281. The Labute approximate surface area is 242 Å². The SMILES string of the molecule is CC(C)(C)OC(=O)c1ccc(NC(=O)C(OCC2C3CC4CC(C3)CC2C4)c2ccc(S(=O)(=O)C3CC3)cc2)nc1. The Hall–Kier alpha value is -2.78. The van der Waals surface area contributed by atoms with Crippen LogP contribution < -0.4 is 5.32 Å². The Bertz CT molecular complexity index is 1370. The van der Waals surface area contributed by atoms with Gasteiger partial charge in [-0.15, -0.1) is 0 Å². The molecule has 4 bridgehead atoms. The number of ether oxygens (including phenoxy) is 2. The van der Waals surface area contributed by atoms with Gasteiger partial charge in [0.05, 0.1) is 22.3 Å². The molecule has 5 fully saturated rings. The van der Waals surface area contributed by atoms with Gasteiger partial charge >= 0.3 is 5.97 Å². The number of carbonyl (C=O) groups is 2. The molecule has 2 aromatic rings. The summed E-state index contributed by atoms with van der Waals surface area (Å²) in [5, 5.41) is 2.54. The highest BCUT2D eigenvalue weighted by Crippen LogP contribution is 2.56. The number of amides is 1. The summed E-state index contributed by atoms with van der Waals surface area (Å²) < 4.78 is 37.3. The van der Waals surface area contributed by atoms with E-state index in [4.69, 9.17) is 9.47 Å². The van der Waals surface area contributed by atoms with E-state index in [1.54, 1.807) is 57.2 Å². The fourth-order valence-electron chi connectivity index (χ4n) is 7.36. The van der Waals surface area contributed by atoms with E-state index in [1.807, 2.05) is 0 Å². The van der Waals surface area contributed by atoms with Crippen molar-refractivity contribution < 1.29 is 27.5 Å². The predicted octanol–water partition coefficient (Wildman–Crippen LogP) is 5.74. The number of pyridine rings is 1. The van der Waals surface area contributed by atoms with Crippen LogP contribution in [0.4, 0.5) is 5.82 Å². The summed E-state index contributed by atoms with van der Waals surface area (Å²) >= 11 is 0. The Balaban J connectivity index is 1.18. The van der Waals surface area contributed by atoms with Gasteiger partial charge in [-0.05, 0) is 125 Å². The normalized spacial score (nSPS) is 27.8. The topological polar surface area (TPSA) is 112 Å². The number of esters is 1. The van der Waals surface area contributed by atoms with E-state index in [-0.39, 0.29) is 16.1 Å². The maximum absolute atomic E-state index is 13.6. The molecule has 220 valence electrons. The van der Waals surface area contributed by atoms with E-state index >= 15 is 0 Å². The van der Waals surface area contributed by atoms with Crippen molar-refractivity contribution in [2.45, 2.75) is 87.6 Å². The van der Waals surface area contributed by atoms with E-state index in [1.165, 1.54) is 38.3 Å². The molecule has 9 heteroatoms. The van der Waals surface area contributed by atoms with Gasteiger partial charge in [-0.3, -0.25) is 4.79 Å². The van der Waals surface area contributed by atoms with Gasteiger partial charge in [-0.2, -0.15) is 0 Å². The van der Waals surface area contributed by atoms with E-state index < -0.39 is 27.5 Å². The summed E-state index contributed by atoms with van der Waals surface area (Å²) in [5.74, 6) is 2.88. The van der Waals surface area contributed by atoms with Gasteiger partial charge < -0.3 is 14.8 Å². The zero-order chi connectivity index (χ0) is 28.9. The summed E-state index contributed by atoms with van der Waals surface area (Å²) in [4.78, 5) is 30.5. The van der Waals surface area contributed by atoms with Crippen molar-refractivity contribution in [2.24, 2.45) is 29.6 Å². The summed E-state index contributed by atoms with van der Waals surface area (Å²) in [6.45, 7) is 5.89. The lowest BCUT2D eigenvalue weighted by atomic mass is 9.52. The van der Waals surface area contributed by atoms with Gasteiger partial charge in [0.15, 0.2) is 15.9 Å². The molecule has 1 unspecified atom stereocenters. The van der Waals surface area contributed by atoms with Gasteiger partial charge in [0.2, 0.25) is 0 Å². The Morgan fingerprint density at radius 2 is 1.59 bits per heavy atom. The van der Waals surface area contributed by atoms with Crippen molar-refractivity contribution in [2.75, 3.05) is 11.9 Å². The Morgan fingerprint density at radius 3 is 2.12 bits per heavy atom. The van der Waals surface area contributed by atoms with Crippen LogP contribution in [0.15, 0.2) is 47.5 Å². The third-order valence-corrected chi connectivity index (χ3v) is 11.5. The maximum Gasteiger partial charge on any atom is 0.340 e. The van der Waals surface area contributed by atoms with Gasteiger partial charge in [-0.1, -0.05) is 12.1 Å². The molecule has 41 heavy (non-hydrogen) atoms. The molecule has 8 nitrogen and oxygen atoms in total. The van der Waals surface area contributed by atoms with Crippen molar-refractivity contribution >= 4 is 27.5 Å². The first-order valence-corrected chi connectivity index (χ1v) is 16.5. The zero-order valence-electron chi connectivity index (χ0n) is 24.0. The smallest absolute Gasteiger partial charge is 0.340 e. The molecule has 0 radical (unpaired) electrons. The lowest BCUT2D eigenvalue weighted by Gasteiger charge is -2.54. The monoisotopic (exact) mass is 580 g/mol. The van der Waals surface area contributed by atoms with Crippen molar-refractivity contribution in [3.05, 3.63) is 53.7 Å². The number of aromatic nitrogens is 1. The van der Waals surface area contributed by atoms with E-state index in [0.717, 1.165) is 11.8 Å². The Morgan fingerprint density at radius 1 is 0.951 bits per heavy atom. The van der Waals surface area contributed by atoms with Crippen LogP contribution in [-0.4, -0.2) is 42.7 Å². The van der Waals surface area contributed by atoms with Crippen LogP contribution in [0.3, 0.4) is 0 Å². The second-order valence-electron chi connectivity index (χ2n) is 13.5. The minimum atomic E-state index is -3.33. The number of hydrogen-bond acceptors (Lipinski definition) is 7. The number of hydrogen-bond donors (Lipinski definition) is 1. The van der Waals surface area contributed by atoms with Crippen LogP contribution in [0, 0.1) is 29.6 Å². The standard InChI is InChI=1S/C32H40N2O6S/c1-32(2,3)40-31(36)22-6-11-28(33-17-22)34-30(35)29(21-4-7-25(8-5-21)41(37,38)26-9-10-26)39-18-27-23-13-19-12-20(15-23)16-24(27)14-19/h4-8,11,17,19-20,23-24,26-27,29H,9-10,12-16,18H2,1-3H3,(H,33,34,35). The fraction of sp³-hybridized carbons (Fsp3) is 0.594. The fourth-order valence-corrected chi connectivity index (χ4v) is 9.02. The van der Waals surface area contributed by atoms with Crippen LogP contribution in [0.25, 0.3) is 0 Å². The highest BCUT2D eigenvalue weighted by atomic mass is 32.2. The van der Waals surface area contributed by atoms with Crippen LogP contribution in [-0.2, 0) is 24.1 Å². The molecular formula is C32H40N2O6S. The predicted molar refractivity (Wildman–Crippen MR) is 154 cm³/mol. The molecular weight excluding hydrogens is 540 g/mol. The second-order valence-corrected chi connectivity index (χ2v) is 15.8. The summed E-state index contributed by atoms with van der Waals surface area (Å²) in [7, 11) is -3.33. The summed E-state index contributed by atoms with van der Waals surface area (Å²) in [6, 6.07) is 9.69. The van der Waals surface area contributed by atoms with Gasteiger partial charge in [0.1, 0.15) is 11.4 Å². The molecule has 1 aromatic carbocycles. The lowest BCUT2D eigenvalue weighted by Crippen LogP contribution is -2.47. The lowest BCUT2D eigenvalue weighted by molar-refractivity contribution is -0.134. The third kappa shape index (κ3) is 6.21. The largest absolute Gasteiger partial charge is 0.456 e. The van der Waals surface area contributed by atoms with E-state index in [0.29, 0.717) is 54.1 Å². The highest BCUT2D eigenvalue weighted by Gasteiger charge is 2.48. The molecule has 1 aromatic heterocycles. The molecule has 1 N–H and O–H groups in total. The average Bonchev–Trinajstić information content (AvgIpc) is 3.76. The number of nitrogens with zero attached hydrogens (tertiary/aromatic N) is 1. The average molecular weight is 581 g/mol. The molecule has 1 heterocycles. The van der Waals surface area contributed by atoms with E-state index in [9.17, 15) is 18.0 Å². The number of nitrogens with one attached hydrogen (secondary N) is 1. The zero-order valence-corrected chi connectivity index (χ0v) is 24.9. The molecule has 1 amide bonds. The van der Waals surface area contributed by atoms with Crippen LogP contribution in [0.1, 0.15) is 87.7 Å². The first kappa shape index (κ1) is 28.3.